The van der Waals surface area contributed by atoms with Gasteiger partial charge in [-0.3, -0.25) is 4.90 Å². The fourth-order valence-electron chi connectivity index (χ4n) is 3.77. The van der Waals surface area contributed by atoms with Crippen molar-refractivity contribution >= 4 is 5.97 Å². The highest BCUT2D eigenvalue weighted by molar-refractivity contribution is 5.90. The van der Waals surface area contributed by atoms with Crippen molar-refractivity contribution in [2.75, 3.05) is 39.5 Å². The summed E-state index contributed by atoms with van der Waals surface area (Å²) in [6.45, 7) is 5.35. The summed E-state index contributed by atoms with van der Waals surface area (Å²) in [5.41, 5.74) is 0.655. The summed E-state index contributed by atoms with van der Waals surface area (Å²) in [5, 5.41) is 9.18. The van der Waals surface area contributed by atoms with Crippen molar-refractivity contribution < 1.29 is 19.4 Å². The molecule has 0 radical (unpaired) electrons. The predicted octanol–water partition coefficient (Wildman–Crippen LogP) is 2.66. The van der Waals surface area contributed by atoms with Gasteiger partial charge in [-0.2, -0.15) is 0 Å². The van der Waals surface area contributed by atoms with E-state index in [1.165, 1.54) is 12.8 Å². The fraction of sp³-hybridized carbons (Fsp3) is 0.611. The molecule has 0 aromatic heterocycles. The number of carboxylic acid groups (broad SMARTS) is 1. The van der Waals surface area contributed by atoms with E-state index in [4.69, 9.17) is 9.47 Å². The number of likely N-dealkylation sites (tertiary alicyclic amines) is 1. The van der Waals surface area contributed by atoms with E-state index in [9.17, 15) is 9.90 Å². The molecule has 0 bridgehead atoms. The van der Waals surface area contributed by atoms with E-state index in [2.05, 4.69) is 4.90 Å². The number of hydrogen-bond acceptors (Lipinski definition) is 4. The number of hydrogen-bond donors (Lipinski definition) is 1. The van der Waals surface area contributed by atoms with Crippen LogP contribution in [0.5, 0.6) is 5.75 Å². The molecule has 3 rings (SSSR count). The molecule has 2 aliphatic rings. The summed E-state index contributed by atoms with van der Waals surface area (Å²) >= 11 is 0. The van der Waals surface area contributed by atoms with Gasteiger partial charge in [0.2, 0.25) is 0 Å². The van der Waals surface area contributed by atoms with Crippen LogP contribution in [-0.4, -0.2) is 55.4 Å². The van der Waals surface area contributed by atoms with Crippen LogP contribution in [0.15, 0.2) is 24.3 Å². The summed E-state index contributed by atoms with van der Waals surface area (Å²) in [7, 11) is 0. The Morgan fingerprint density at radius 3 is 2.83 bits per heavy atom. The molecule has 2 heterocycles. The number of rotatable bonds is 5. The average Bonchev–Trinajstić information content (AvgIpc) is 2.56. The summed E-state index contributed by atoms with van der Waals surface area (Å²) in [6.07, 6.45) is 4.85. The van der Waals surface area contributed by atoms with Crippen molar-refractivity contribution in [3.8, 4) is 5.75 Å². The minimum atomic E-state index is -0.945. The van der Waals surface area contributed by atoms with Crippen LogP contribution in [0.4, 0.5) is 0 Å². The largest absolute Gasteiger partial charge is 0.491 e. The molecule has 1 aromatic carbocycles. The van der Waals surface area contributed by atoms with Crippen molar-refractivity contribution in [2.24, 2.45) is 5.41 Å². The van der Waals surface area contributed by atoms with Crippen LogP contribution in [0, 0.1) is 5.41 Å². The van der Waals surface area contributed by atoms with Gasteiger partial charge in [0, 0.05) is 26.3 Å². The summed E-state index contributed by atoms with van der Waals surface area (Å²) in [6, 6.07) is 6.82. The topological polar surface area (TPSA) is 59.0 Å². The molecule has 2 saturated heterocycles. The van der Waals surface area contributed by atoms with Crippen LogP contribution in [0.25, 0.3) is 0 Å². The first kappa shape index (κ1) is 16.3. The van der Waals surface area contributed by atoms with E-state index < -0.39 is 5.97 Å². The van der Waals surface area contributed by atoms with Crippen LogP contribution in [0.3, 0.4) is 0 Å². The molecule has 0 amide bonds. The van der Waals surface area contributed by atoms with Gasteiger partial charge in [-0.05, 0) is 49.8 Å². The Morgan fingerprint density at radius 2 is 2.04 bits per heavy atom. The maximum absolute atomic E-state index is 11.2. The van der Waals surface area contributed by atoms with Crippen LogP contribution >= 0.6 is 0 Å². The van der Waals surface area contributed by atoms with Crippen LogP contribution in [0.1, 0.15) is 36.0 Å². The van der Waals surface area contributed by atoms with Crippen LogP contribution in [-0.2, 0) is 4.74 Å². The second-order valence-electron chi connectivity index (χ2n) is 6.64. The molecule has 126 valence electrons. The molecule has 23 heavy (non-hydrogen) atoms. The molecular formula is C18H25NO4. The third-order valence-corrected chi connectivity index (χ3v) is 5.08. The minimum absolute atomic E-state index is 0.229. The third kappa shape index (κ3) is 4.03. The van der Waals surface area contributed by atoms with Gasteiger partial charge in [0.25, 0.3) is 0 Å². The lowest BCUT2D eigenvalue weighted by molar-refractivity contribution is -0.0291. The first-order valence-electron chi connectivity index (χ1n) is 8.44. The van der Waals surface area contributed by atoms with Crippen LogP contribution in [0.2, 0.25) is 0 Å². The van der Waals surface area contributed by atoms with Gasteiger partial charge in [-0.1, -0.05) is 12.1 Å². The van der Waals surface area contributed by atoms with Gasteiger partial charge < -0.3 is 14.6 Å². The summed E-state index contributed by atoms with van der Waals surface area (Å²) < 4.78 is 11.2. The van der Waals surface area contributed by atoms with E-state index >= 15 is 0 Å². The Kier molecular flexibility index (Phi) is 5.18. The lowest BCUT2D eigenvalue weighted by atomic mass is 9.74. The molecule has 5 heteroatoms. The monoisotopic (exact) mass is 319 g/mol. The molecule has 0 atom stereocenters. The van der Waals surface area contributed by atoms with E-state index in [0.717, 1.165) is 45.7 Å². The minimum Gasteiger partial charge on any atom is -0.491 e. The normalized spacial score (nSPS) is 21.2. The Morgan fingerprint density at radius 1 is 1.26 bits per heavy atom. The highest BCUT2D eigenvalue weighted by Crippen LogP contribution is 2.38. The first-order chi connectivity index (χ1) is 11.2. The molecule has 1 spiro atoms. The zero-order valence-corrected chi connectivity index (χ0v) is 13.5. The van der Waals surface area contributed by atoms with E-state index in [1.54, 1.807) is 24.3 Å². The highest BCUT2D eigenvalue weighted by Gasteiger charge is 2.36. The number of nitrogens with zero attached hydrogens (tertiary/aromatic N) is 1. The van der Waals surface area contributed by atoms with Crippen molar-refractivity contribution in [2.45, 2.75) is 25.7 Å². The molecule has 2 fully saturated rings. The second-order valence-corrected chi connectivity index (χ2v) is 6.64. The third-order valence-electron chi connectivity index (χ3n) is 5.08. The molecule has 1 aromatic rings. The first-order valence-corrected chi connectivity index (χ1v) is 8.44. The van der Waals surface area contributed by atoms with Gasteiger partial charge in [-0.25, -0.2) is 4.79 Å². The predicted molar refractivity (Wildman–Crippen MR) is 87.1 cm³/mol. The summed E-state index contributed by atoms with van der Waals surface area (Å²) in [5.74, 6) is -0.488. The SMILES string of the molecule is O=C(O)c1ccccc1OCCN1CCCC2(CCOCC2)C1. The number of aromatic carboxylic acids is 1. The molecule has 1 N–H and O–H groups in total. The number of para-hydroxylation sites is 1. The number of ether oxygens (including phenoxy) is 2. The average molecular weight is 319 g/mol. The Hall–Kier alpha value is -1.59. The molecular weight excluding hydrogens is 294 g/mol. The van der Waals surface area contributed by atoms with E-state index in [-0.39, 0.29) is 5.56 Å². The van der Waals surface area contributed by atoms with Crippen molar-refractivity contribution in [3.63, 3.8) is 0 Å². The van der Waals surface area contributed by atoms with Crippen molar-refractivity contribution in [1.29, 1.82) is 0 Å². The van der Waals surface area contributed by atoms with Crippen LogP contribution < -0.4 is 4.74 Å². The Labute approximate surface area is 137 Å². The highest BCUT2D eigenvalue weighted by atomic mass is 16.5. The van der Waals surface area contributed by atoms with Gasteiger partial charge in [0.15, 0.2) is 0 Å². The molecule has 0 saturated carbocycles. The van der Waals surface area contributed by atoms with E-state index in [0.29, 0.717) is 17.8 Å². The molecule has 2 aliphatic heterocycles. The smallest absolute Gasteiger partial charge is 0.339 e. The summed E-state index contributed by atoms with van der Waals surface area (Å²) in [4.78, 5) is 13.6. The van der Waals surface area contributed by atoms with Crippen molar-refractivity contribution in [1.82, 2.24) is 4.90 Å². The van der Waals surface area contributed by atoms with Gasteiger partial charge in [-0.15, -0.1) is 0 Å². The zero-order valence-electron chi connectivity index (χ0n) is 13.5. The van der Waals surface area contributed by atoms with E-state index in [1.807, 2.05) is 0 Å². The lowest BCUT2D eigenvalue weighted by Gasteiger charge is -2.45. The standard InChI is InChI=1S/C18H25NO4/c20-17(21)15-4-1-2-5-16(15)23-13-10-19-9-3-6-18(14-19)7-11-22-12-8-18/h1-2,4-5H,3,6-14H2,(H,20,21). The quantitative estimate of drug-likeness (QED) is 0.904. The van der Waals surface area contributed by atoms with Gasteiger partial charge in [0.1, 0.15) is 17.9 Å². The zero-order chi connectivity index (χ0) is 16.1. The second kappa shape index (κ2) is 7.32. The Balaban J connectivity index is 1.52. The maximum Gasteiger partial charge on any atom is 0.339 e. The molecule has 0 aliphatic carbocycles. The van der Waals surface area contributed by atoms with Gasteiger partial charge in [0.05, 0.1) is 0 Å². The fourth-order valence-corrected chi connectivity index (χ4v) is 3.77. The molecule has 0 unspecified atom stereocenters. The van der Waals surface area contributed by atoms with Gasteiger partial charge >= 0.3 is 5.97 Å². The number of piperidine rings is 1. The maximum atomic E-state index is 11.2. The number of carbonyl (C=O) groups is 1. The lowest BCUT2D eigenvalue weighted by Crippen LogP contribution is -2.47. The number of benzene rings is 1. The van der Waals surface area contributed by atoms with Crippen molar-refractivity contribution in [3.05, 3.63) is 29.8 Å². The number of carboxylic acids is 1. The Bertz CT molecular complexity index is 534. The molecule has 5 nitrogen and oxygen atoms in total.